The fourth-order valence-electron chi connectivity index (χ4n) is 1.09. The standard InChI is InChI=1S/C8H11N5S/c1-13-5-11-12-8(13)3-9-2-7-4-14-6-10-7/h4-6,9H,2-3H2,1H3. The summed E-state index contributed by atoms with van der Waals surface area (Å²) in [5, 5.41) is 13.0. The first kappa shape index (κ1) is 9.29. The van der Waals surface area contributed by atoms with E-state index < -0.39 is 0 Å². The van der Waals surface area contributed by atoms with E-state index in [1.54, 1.807) is 17.7 Å². The van der Waals surface area contributed by atoms with Crippen LogP contribution in [-0.4, -0.2) is 19.7 Å². The van der Waals surface area contributed by atoms with Crippen molar-refractivity contribution in [2.24, 2.45) is 7.05 Å². The Bertz CT molecular complexity index is 380. The lowest BCUT2D eigenvalue weighted by Crippen LogP contribution is -2.15. The zero-order chi connectivity index (χ0) is 9.80. The Morgan fingerprint density at radius 1 is 1.50 bits per heavy atom. The molecule has 6 heteroatoms. The van der Waals surface area contributed by atoms with Crippen LogP contribution in [0, 0.1) is 0 Å². The SMILES string of the molecule is Cn1cnnc1CNCc1cscn1. The van der Waals surface area contributed by atoms with Gasteiger partial charge in [0.05, 0.1) is 17.7 Å². The van der Waals surface area contributed by atoms with Gasteiger partial charge in [0.25, 0.3) is 0 Å². The fraction of sp³-hybridized carbons (Fsp3) is 0.375. The lowest BCUT2D eigenvalue weighted by Gasteiger charge is -2.01. The molecule has 2 rings (SSSR count). The minimum absolute atomic E-state index is 0.716. The number of hydrogen-bond acceptors (Lipinski definition) is 5. The highest BCUT2D eigenvalue weighted by Crippen LogP contribution is 2.00. The Balaban J connectivity index is 1.81. The number of nitrogens with one attached hydrogen (secondary N) is 1. The van der Waals surface area contributed by atoms with Crippen molar-refractivity contribution in [3.05, 3.63) is 28.7 Å². The molecule has 0 aliphatic rings. The van der Waals surface area contributed by atoms with Gasteiger partial charge >= 0.3 is 0 Å². The summed E-state index contributed by atoms with van der Waals surface area (Å²) in [6.45, 7) is 1.49. The molecule has 0 spiro atoms. The topological polar surface area (TPSA) is 55.6 Å². The van der Waals surface area contributed by atoms with E-state index in [-0.39, 0.29) is 0 Å². The van der Waals surface area contributed by atoms with Gasteiger partial charge in [0.1, 0.15) is 12.2 Å². The second-order valence-corrected chi connectivity index (χ2v) is 3.66. The molecule has 5 nitrogen and oxygen atoms in total. The minimum Gasteiger partial charge on any atom is -0.320 e. The predicted octanol–water partition coefficient (Wildman–Crippen LogP) is 0.561. The third kappa shape index (κ3) is 2.15. The zero-order valence-corrected chi connectivity index (χ0v) is 8.66. The summed E-state index contributed by atoms with van der Waals surface area (Å²) in [4.78, 5) is 4.17. The Labute approximate surface area is 85.8 Å². The van der Waals surface area contributed by atoms with E-state index in [2.05, 4.69) is 20.5 Å². The van der Waals surface area contributed by atoms with Crippen LogP contribution >= 0.6 is 11.3 Å². The average Bonchev–Trinajstić information content (AvgIpc) is 2.78. The highest BCUT2D eigenvalue weighted by Gasteiger charge is 1.99. The quantitative estimate of drug-likeness (QED) is 0.799. The molecule has 0 bridgehead atoms. The van der Waals surface area contributed by atoms with E-state index in [1.807, 2.05) is 22.5 Å². The van der Waals surface area contributed by atoms with Gasteiger partial charge in [-0.1, -0.05) is 0 Å². The molecule has 0 amide bonds. The summed E-state index contributed by atoms with van der Waals surface area (Å²) < 4.78 is 1.90. The Hall–Kier alpha value is -1.27. The number of aromatic nitrogens is 4. The van der Waals surface area contributed by atoms with Gasteiger partial charge in [0.15, 0.2) is 0 Å². The van der Waals surface area contributed by atoms with E-state index in [0.29, 0.717) is 6.54 Å². The first-order valence-electron chi connectivity index (χ1n) is 4.27. The number of rotatable bonds is 4. The van der Waals surface area contributed by atoms with Crippen molar-refractivity contribution in [1.29, 1.82) is 0 Å². The molecule has 0 aromatic carbocycles. The molecule has 2 heterocycles. The molecule has 0 saturated heterocycles. The summed E-state index contributed by atoms with van der Waals surface area (Å²) in [6, 6.07) is 0. The highest BCUT2D eigenvalue weighted by atomic mass is 32.1. The first-order valence-corrected chi connectivity index (χ1v) is 5.21. The third-order valence-corrected chi connectivity index (χ3v) is 2.51. The van der Waals surface area contributed by atoms with Crippen LogP contribution in [0.25, 0.3) is 0 Å². The monoisotopic (exact) mass is 209 g/mol. The van der Waals surface area contributed by atoms with Crippen LogP contribution in [-0.2, 0) is 20.1 Å². The molecule has 0 fully saturated rings. The van der Waals surface area contributed by atoms with Gasteiger partial charge in [-0.25, -0.2) is 4.98 Å². The second-order valence-electron chi connectivity index (χ2n) is 2.94. The molecule has 2 aromatic heterocycles. The van der Waals surface area contributed by atoms with Gasteiger partial charge < -0.3 is 9.88 Å². The van der Waals surface area contributed by atoms with Crippen LogP contribution < -0.4 is 5.32 Å². The normalized spacial score (nSPS) is 10.6. The minimum atomic E-state index is 0.716. The van der Waals surface area contributed by atoms with Gasteiger partial charge in [0, 0.05) is 19.0 Å². The van der Waals surface area contributed by atoms with Crippen molar-refractivity contribution >= 4 is 11.3 Å². The highest BCUT2D eigenvalue weighted by molar-refractivity contribution is 7.07. The molecule has 1 N–H and O–H groups in total. The van der Waals surface area contributed by atoms with Crippen LogP contribution in [0.2, 0.25) is 0 Å². The number of nitrogens with zero attached hydrogens (tertiary/aromatic N) is 4. The molecular weight excluding hydrogens is 198 g/mol. The predicted molar refractivity (Wildman–Crippen MR) is 53.7 cm³/mol. The fourth-order valence-corrected chi connectivity index (χ4v) is 1.65. The summed E-state index contributed by atoms with van der Waals surface area (Å²) in [5.74, 6) is 0.931. The molecular formula is C8H11N5S. The maximum absolute atomic E-state index is 4.17. The van der Waals surface area contributed by atoms with E-state index in [9.17, 15) is 0 Å². The maximum atomic E-state index is 4.17. The van der Waals surface area contributed by atoms with Gasteiger partial charge in [-0.15, -0.1) is 21.5 Å². The Morgan fingerprint density at radius 2 is 2.43 bits per heavy atom. The second kappa shape index (κ2) is 4.30. The van der Waals surface area contributed by atoms with Crippen molar-refractivity contribution < 1.29 is 0 Å². The maximum Gasteiger partial charge on any atom is 0.146 e. The van der Waals surface area contributed by atoms with E-state index in [0.717, 1.165) is 18.1 Å². The largest absolute Gasteiger partial charge is 0.320 e. The molecule has 14 heavy (non-hydrogen) atoms. The zero-order valence-electron chi connectivity index (χ0n) is 7.84. The lowest BCUT2D eigenvalue weighted by molar-refractivity contribution is 0.631. The summed E-state index contributed by atoms with van der Waals surface area (Å²) in [7, 11) is 1.93. The lowest BCUT2D eigenvalue weighted by atomic mass is 10.4. The van der Waals surface area contributed by atoms with Crippen LogP contribution in [0.1, 0.15) is 11.5 Å². The van der Waals surface area contributed by atoms with Crippen molar-refractivity contribution in [2.45, 2.75) is 13.1 Å². The van der Waals surface area contributed by atoms with Crippen LogP contribution in [0.3, 0.4) is 0 Å². The van der Waals surface area contributed by atoms with Gasteiger partial charge in [-0.2, -0.15) is 0 Å². The van der Waals surface area contributed by atoms with Crippen LogP contribution in [0.5, 0.6) is 0 Å². The Kier molecular flexibility index (Phi) is 2.85. The first-order chi connectivity index (χ1) is 6.86. The number of aryl methyl sites for hydroxylation is 1. The molecule has 0 aliphatic heterocycles. The Morgan fingerprint density at radius 3 is 3.07 bits per heavy atom. The van der Waals surface area contributed by atoms with Crippen LogP contribution in [0.4, 0.5) is 0 Å². The van der Waals surface area contributed by atoms with Crippen molar-refractivity contribution in [3.63, 3.8) is 0 Å². The molecule has 0 unspecified atom stereocenters. The van der Waals surface area contributed by atoms with Crippen molar-refractivity contribution in [1.82, 2.24) is 25.1 Å². The molecule has 0 atom stereocenters. The summed E-state index contributed by atoms with van der Waals surface area (Å²) in [6.07, 6.45) is 1.69. The molecule has 2 aromatic rings. The summed E-state index contributed by atoms with van der Waals surface area (Å²) in [5.41, 5.74) is 2.90. The average molecular weight is 209 g/mol. The smallest absolute Gasteiger partial charge is 0.146 e. The third-order valence-electron chi connectivity index (χ3n) is 1.88. The molecule has 0 aliphatic carbocycles. The number of hydrogen-bond donors (Lipinski definition) is 1. The van der Waals surface area contributed by atoms with E-state index in [4.69, 9.17) is 0 Å². The molecule has 74 valence electrons. The molecule has 0 saturated carbocycles. The van der Waals surface area contributed by atoms with Crippen molar-refractivity contribution in [3.8, 4) is 0 Å². The van der Waals surface area contributed by atoms with E-state index in [1.165, 1.54) is 0 Å². The van der Waals surface area contributed by atoms with Gasteiger partial charge in [0.2, 0.25) is 0 Å². The van der Waals surface area contributed by atoms with Gasteiger partial charge in [-0.3, -0.25) is 0 Å². The molecule has 0 radical (unpaired) electrons. The van der Waals surface area contributed by atoms with Crippen molar-refractivity contribution in [2.75, 3.05) is 0 Å². The van der Waals surface area contributed by atoms with Crippen LogP contribution in [0.15, 0.2) is 17.2 Å². The number of thiazole rings is 1. The van der Waals surface area contributed by atoms with Gasteiger partial charge in [-0.05, 0) is 0 Å². The summed E-state index contributed by atoms with van der Waals surface area (Å²) >= 11 is 1.61. The van der Waals surface area contributed by atoms with E-state index >= 15 is 0 Å².